The third-order valence-corrected chi connectivity index (χ3v) is 8.52. The average Bonchev–Trinajstić information content (AvgIpc) is 3.48. The van der Waals surface area contributed by atoms with Crippen LogP contribution in [-0.4, -0.2) is 79.1 Å². The van der Waals surface area contributed by atoms with E-state index in [-0.39, 0.29) is 35.2 Å². The van der Waals surface area contributed by atoms with E-state index in [1.807, 2.05) is 17.0 Å². The summed E-state index contributed by atoms with van der Waals surface area (Å²) in [5, 5.41) is 3.17. The first-order chi connectivity index (χ1) is 18.4. The zero-order valence-corrected chi connectivity index (χ0v) is 22.7. The Bertz CT molecular complexity index is 1160. The normalized spacial score (nSPS) is 23.4. The molecule has 0 spiro atoms. The van der Waals surface area contributed by atoms with E-state index in [4.69, 9.17) is 16.3 Å². The van der Waals surface area contributed by atoms with Crippen molar-refractivity contribution in [2.24, 2.45) is 0 Å². The van der Waals surface area contributed by atoms with Crippen LogP contribution in [-0.2, 0) is 4.79 Å². The van der Waals surface area contributed by atoms with Crippen molar-refractivity contribution in [1.29, 1.82) is 0 Å². The summed E-state index contributed by atoms with van der Waals surface area (Å²) in [4.78, 5) is 33.1. The van der Waals surface area contributed by atoms with Crippen LogP contribution in [0.2, 0.25) is 5.02 Å². The highest BCUT2D eigenvalue weighted by molar-refractivity contribution is 6.30. The number of nitrogens with one attached hydrogen (secondary N) is 1. The van der Waals surface area contributed by atoms with Crippen LogP contribution in [0.3, 0.4) is 0 Å². The molecule has 1 aliphatic carbocycles. The highest BCUT2D eigenvalue weighted by atomic mass is 35.5. The van der Waals surface area contributed by atoms with E-state index in [1.165, 1.54) is 24.6 Å². The molecule has 2 amide bonds. The van der Waals surface area contributed by atoms with E-state index < -0.39 is 11.4 Å². The Kier molecular flexibility index (Phi) is 8.09. The summed E-state index contributed by atoms with van der Waals surface area (Å²) in [6.45, 7) is 7.88. The topological polar surface area (TPSA) is 65.1 Å². The maximum absolute atomic E-state index is 13.7. The molecule has 0 unspecified atom stereocenters. The summed E-state index contributed by atoms with van der Waals surface area (Å²) in [7, 11) is 0. The predicted molar refractivity (Wildman–Crippen MR) is 146 cm³/mol. The molecule has 2 heterocycles. The number of likely N-dealkylation sites (tertiary alicyclic amines) is 1. The fourth-order valence-corrected chi connectivity index (χ4v) is 6.40. The van der Waals surface area contributed by atoms with Crippen LogP contribution in [0.25, 0.3) is 0 Å². The number of piperazine rings is 1. The molecule has 3 fully saturated rings. The molecule has 3 aliphatic rings. The Labute approximate surface area is 228 Å². The first-order valence-electron chi connectivity index (χ1n) is 13.7. The van der Waals surface area contributed by atoms with Crippen molar-refractivity contribution in [2.75, 3.05) is 50.8 Å². The minimum Gasteiger partial charge on any atom is -0.484 e. The van der Waals surface area contributed by atoms with Gasteiger partial charge in [0.1, 0.15) is 11.6 Å². The van der Waals surface area contributed by atoms with Crippen molar-refractivity contribution < 1.29 is 18.7 Å². The average molecular weight is 543 g/mol. The lowest BCUT2D eigenvalue weighted by Gasteiger charge is -2.36. The van der Waals surface area contributed by atoms with Gasteiger partial charge >= 0.3 is 0 Å². The van der Waals surface area contributed by atoms with Gasteiger partial charge in [-0.2, -0.15) is 0 Å². The number of rotatable bonds is 8. The van der Waals surface area contributed by atoms with Crippen molar-refractivity contribution in [3.8, 4) is 5.75 Å². The van der Waals surface area contributed by atoms with Gasteiger partial charge in [-0.3, -0.25) is 14.5 Å². The molecule has 204 valence electrons. The van der Waals surface area contributed by atoms with E-state index in [1.54, 1.807) is 0 Å². The van der Waals surface area contributed by atoms with Crippen LogP contribution < -0.4 is 15.0 Å². The van der Waals surface area contributed by atoms with Crippen LogP contribution >= 0.6 is 11.6 Å². The molecule has 9 heteroatoms. The second kappa shape index (κ2) is 11.5. The van der Waals surface area contributed by atoms with Crippen LogP contribution in [0.15, 0.2) is 42.5 Å². The molecule has 1 saturated carbocycles. The molecular formula is C29H36ClFN4O3. The summed E-state index contributed by atoms with van der Waals surface area (Å²) >= 11 is 5.71. The summed E-state index contributed by atoms with van der Waals surface area (Å²) in [5.74, 6) is -0.603. The Morgan fingerprint density at radius 2 is 1.84 bits per heavy atom. The summed E-state index contributed by atoms with van der Waals surface area (Å²) < 4.78 is 19.2. The number of hydrogen-bond donors (Lipinski definition) is 1. The maximum atomic E-state index is 13.7. The first kappa shape index (κ1) is 26.8. The quantitative estimate of drug-likeness (QED) is 0.537. The number of hydrogen-bond acceptors (Lipinski definition) is 5. The molecule has 0 radical (unpaired) electrons. The van der Waals surface area contributed by atoms with Gasteiger partial charge < -0.3 is 19.9 Å². The lowest BCUT2D eigenvalue weighted by molar-refractivity contribution is -0.125. The Morgan fingerprint density at radius 3 is 2.55 bits per heavy atom. The maximum Gasteiger partial charge on any atom is 0.258 e. The Morgan fingerprint density at radius 1 is 1.08 bits per heavy atom. The smallest absolute Gasteiger partial charge is 0.258 e. The third kappa shape index (κ3) is 5.61. The van der Waals surface area contributed by atoms with E-state index in [2.05, 4.69) is 34.2 Å². The van der Waals surface area contributed by atoms with Gasteiger partial charge in [-0.1, -0.05) is 18.5 Å². The van der Waals surface area contributed by atoms with Gasteiger partial charge in [0.05, 0.1) is 16.6 Å². The third-order valence-electron chi connectivity index (χ3n) is 8.22. The molecular weight excluding hydrogens is 507 g/mol. The Hall–Kier alpha value is -2.84. The van der Waals surface area contributed by atoms with Crippen LogP contribution in [0.4, 0.5) is 10.1 Å². The van der Waals surface area contributed by atoms with Gasteiger partial charge in [-0.05, 0) is 75.0 Å². The SMILES string of the molecule is CCCN1CCN(c2ccc(C(=O)N3CC[C@]4(NC(=O)COc5ccc(Cl)c(F)c5)CCC[C@H]34)cc2)CC1. The number of benzene rings is 2. The standard InChI is InChI=1S/C29H36ClFN4O3/c1-2-13-33-15-17-34(18-16-33)22-7-5-21(6-8-22)28(37)35-14-12-29(11-3-4-26(29)35)32-27(36)20-38-23-9-10-24(30)25(31)19-23/h5-10,19,26H,2-4,11-18,20H2,1H3,(H,32,36)/t26-,29+/m0/s1. The highest BCUT2D eigenvalue weighted by Crippen LogP contribution is 2.42. The van der Waals surface area contributed by atoms with Gasteiger partial charge in [-0.15, -0.1) is 0 Å². The second-order valence-corrected chi connectivity index (χ2v) is 11.0. The molecule has 2 saturated heterocycles. The molecule has 5 rings (SSSR count). The fraction of sp³-hybridized carbons (Fsp3) is 0.517. The zero-order chi connectivity index (χ0) is 26.7. The number of amides is 2. The van der Waals surface area contributed by atoms with Crippen molar-refractivity contribution >= 4 is 29.1 Å². The lowest BCUT2D eigenvalue weighted by atomic mass is 9.92. The molecule has 2 aromatic rings. The molecule has 2 atom stereocenters. The van der Waals surface area contributed by atoms with Crippen LogP contribution in [0.1, 0.15) is 49.4 Å². The molecule has 7 nitrogen and oxygen atoms in total. The van der Waals surface area contributed by atoms with Crippen molar-refractivity contribution in [2.45, 2.75) is 50.6 Å². The number of carbonyl (C=O) groups excluding carboxylic acids is 2. The number of halogens is 2. The molecule has 0 aromatic heterocycles. The number of anilines is 1. The minimum atomic E-state index is -0.591. The van der Waals surface area contributed by atoms with Crippen molar-refractivity contribution in [3.63, 3.8) is 0 Å². The van der Waals surface area contributed by atoms with E-state index in [0.29, 0.717) is 18.5 Å². The van der Waals surface area contributed by atoms with Gasteiger partial charge in [0.25, 0.3) is 11.8 Å². The summed E-state index contributed by atoms with van der Waals surface area (Å²) in [6, 6.07) is 12.0. The summed E-state index contributed by atoms with van der Waals surface area (Å²) in [6.07, 6.45) is 4.52. The number of fused-ring (bicyclic) bond motifs is 1. The largest absolute Gasteiger partial charge is 0.484 e. The summed E-state index contributed by atoms with van der Waals surface area (Å²) in [5.41, 5.74) is 1.39. The molecule has 2 aromatic carbocycles. The second-order valence-electron chi connectivity index (χ2n) is 10.6. The minimum absolute atomic E-state index is 0.00471. The van der Waals surface area contributed by atoms with Crippen LogP contribution in [0.5, 0.6) is 5.75 Å². The van der Waals surface area contributed by atoms with E-state index in [0.717, 1.165) is 57.7 Å². The van der Waals surface area contributed by atoms with Gasteiger partial charge in [-0.25, -0.2) is 4.39 Å². The number of nitrogens with zero attached hydrogens (tertiary/aromatic N) is 3. The first-order valence-corrected chi connectivity index (χ1v) is 14.0. The fourth-order valence-electron chi connectivity index (χ4n) is 6.28. The van der Waals surface area contributed by atoms with E-state index >= 15 is 0 Å². The van der Waals surface area contributed by atoms with Crippen molar-refractivity contribution in [1.82, 2.24) is 15.1 Å². The molecule has 38 heavy (non-hydrogen) atoms. The highest BCUT2D eigenvalue weighted by Gasteiger charge is 2.52. The van der Waals surface area contributed by atoms with Crippen LogP contribution in [0, 0.1) is 5.82 Å². The van der Waals surface area contributed by atoms with Gasteiger partial charge in [0.2, 0.25) is 0 Å². The Balaban J connectivity index is 1.18. The van der Waals surface area contributed by atoms with Gasteiger partial charge in [0.15, 0.2) is 6.61 Å². The predicted octanol–water partition coefficient (Wildman–Crippen LogP) is 4.34. The number of ether oxygens (including phenoxy) is 1. The molecule has 1 N–H and O–H groups in total. The van der Waals surface area contributed by atoms with Gasteiger partial charge in [0, 0.05) is 50.0 Å². The molecule has 2 aliphatic heterocycles. The lowest BCUT2D eigenvalue weighted by Crippen LogP contribution is -2.55. The number of carbonyl (C=O) groups is 2. The molecule has 0 bridgehead atoms. The monoisotopic (exact) mass is 542 g/mol. The van der Waals surface area contributed by atoms with Crippen molar-refractivity contribution in [3.05, 3.63) is 58.9 Å². The van der Waals surface area contributed by atoms with E-state index in [9.17, 15) is 14.0 Å². The zero-order valence-electron chi connectivity index (χ0n) is 21.9.